The van der Waals surface area contributed by atoms with Gasteiger partial charge in [-0.25, -0.2) is 9.97 Å². The van der Waals surface area contributed by atoms with Crippen molar-refractivity contribution in [2.24, 2.45) is 5.92 Å². The van der Waals surface area contributed by atoms with Gasteiger partial charge in [0.05, 0.1) is 28.2 Å². The Labute approximate surface area is 181 Å². The van der Waals surface area contributed by atoms with E-state index < -0.39 is 0 Å². The average Bonchev–Trinajstić information content (AvgIpc) is 3.41. The zero-order valence-corrected chi connectivity index (χ0v) is 18.2. The highest BCUT2D eigenvalue weighted by Crippen LogP contribution is 2.29. The number of aromatic nitrogens is 3. The van der Waals surface area contributed by atoms with Crippen LogP contribution in [0.4, 0.5) is 5.82 Å². The number of allylic oxidation sites excluding steroid dienone is 1. The lowest BCUT2D eigenvalue weighted by molar-refractivity contribution is 0.0951. The molecule has 1 amide bonds. The van der Waals surface area contributed by atoms with E-state index in [-0.39, 0.29) is 5.91 Å². The summed E-state index contributed by atoms with van der Waals surface area (Å²) in [5, 5.41) is 6.82. The topological polar surface area (TPSA) is 71.3 Å². The van der Waals surface area contributed by atoms with Crippen molar-refractivity contribution >= 4 is 35.0 Å². The van der Waals surface area contributed by atoms with Crippen LogP contribution in [0.3, 0.4) is 0 Å². The average molecular weight is 424 g/mol. The molecular formula is C23H26ClN5O. The van der Waals surface area contributed by atoms with Crippen molar-refractivity contribution in [3.8, 4) is 11.3 Å². The molecule has 0 saturated heterocycles. The number of amides is 1. The predicted molar refractivity (Wildman–Crippen MR) is 122 cm³/mol. The lowest BCUT2D eigenvalue weighted by Crippen LogP contribution is -2.25. The van der Waals surface area contributed by atoms with Crippen LogP contribution in [0.1, 0.15) is 49.7 Å². The van der Waals surface area contributed by atoms with E-state index >= 15 is 0 Å². The van der Waals surface area contributed by atoms with Gasteiger partial charge in [-0.05, 0) is 43.9 Å². The van der Waals surface area contributed by atoms with E-state index in [1.165, 1.54) is 0 Å². The van der Waals surface area contributed by atoms with E-state index in [1.807, 2.05) is 48.0 Å². The molecule has 0 aliphatic heterocycles. The van der Waals surface area contributed by atoms with Crippen molar-refractivity contribution < 1.29 is 4.79 Å². The summed E-state index contributed by atoms with van der Waals surface area (Å²) in [5.74, 6) is 1.11. The number of nitrogens with zero attached hydrogens (tertiary/aromatic N) is 3. The van der Waals surface area contributed by atoms with Crippen LogP contribution in [-0.2, 0) is 0 Å². The van der Waals surface area contributed by atoms with Gasteiger partial charge in [0.15, 0.2) is 11.5 Å². The largest absolute Gasteiger partial charge is 0.367 e. The fraction of sp³-hybridized carbons (Fsp3) is 0.348. The quantitative estimate of drug-likeness (QED) is 0.558. The van der Waals surface area contributed by atoms with Gasteiger partial charge in [0, 0.05) is 24.3 Å². The summed E-state index contributed by atoms with van der Waals surface area (Å²) in [7, 11) is 0. The van der Waals surface area contributed by atoms with Gasteiger partial charge in [-0.2, -0.15) is 0 Å². The molecule has 7 heteroatoms. The number of benzene rings is 1. The van der Waals surface area contributed by atoms with E-state index in [2.05, 4.69) is 29.5 Å². The normalized spacial score (nSPS) is 14.0. The fourth-order valence-corrected chi connectivity index (χ4v) is 3.51. The van der Waals surface area contributed by atoms with Crippen LogP contribution < -0.4 is 10.6 Å². The molecule has 6 nitrogen and oxygen atoms in total. The molecular weight excluding hydrogens is 398 g/mol. The maximum absolute atomic E-state index is 12.4. The van der Waals surface area contributed by atoms with Gasteiger partial charge in [0.2, 0.25) is 0 Å². The summed E-state index contributed by atoms with van der Waals surface area (Å²) in [6, 6.07) is 5.81. The van der Waals surface area contributed by atoms with Crippen molar-refractivity contribution in [2.45, 2.75) is 39.7 Å². The van der Waals surface area contributed by atoms with Gasteiger partial charge in [-0.1, -0.05) is 37.6 Å². The highest BCUT2D eigenvalue weighted by molar-refractivity contribution is 6.34. The molecule has 0 atom stereocenters. The zero-order valence-electron chi connectivity index (χ0n) is 17.4. The number of fused-ring (bicyclic) bond motifs is 1. The zero-order chi connectivity index (χ0) is 21.3. The van der Waals surface area contributed by atoms with Crippen molar-refractivity contribution in [1.29, 1.82) is 0 Å². The third-order valence-corrected chi connectivity index (χ3v) is 5.26. The van der Waals surface area contributed by atoms with E-state index in [0.717, 1.165) is 47.8 Å². The van der Waals surface area contributed by atoms with Crippen LogP contribution in [0.25, 0.3) is 23.0 Å². The first-order valence-electron chi connectivity index (χ1n) is 10.3. The molecule has 1 aliphatic carbocycles. The molecule has 0 unspecified atom stereocenters. The SMILES string of the molecule is C/C=C/c1cn2c(-c3ccc(C(=O)NC4CC4)c(Cl)c3)cnc2c(NCC(C)C)n1. The smallest absolute Gasteiger partial charge is 0.253 e. The first kappa shape index (κ1) is 20.4. The Kier molecular flexibility index (Phi) is 5.77. The number of halogens is 1. The number of hydrogen-bond acceptors (Lipinski definition) is 4. The molecule has 1 fully saturated rings. The summed E-state index contributed by atoms with van der Waals surface area (Å²) < 4.78 is 2.01. The molecule has 0 radical (unpaired) electrons. The van der Waals surface area contributed by atoms with Crippen LogP contribution in [0, 0.1) is 5.92 Å². The Hall–Kier alpha value is -2.86. The van der Waals surface area contributed by atoms with E-state index in [4.69, 9.17) is 16.6 Å². The number of carbonyl (C=O) groups is 1. The monoisotopic (exact) mass is 423 g/mol. The molecule has 1 aliphatic rings. The van der Waals surface area contributed by atoms with Crippen LogP contribution >= 0.6 is 11.6 Å². The van der Waals surface area contributed by atoms with Crippen LogP contribution in [0.2, 0.25) is 5.02 Å². The standard InChI is InChI=1S/C23H26ClN5O/c1-4-5-17-13-29-20(12-26-22(29)21(27-17)25-11-14(2)3)15-6-9-18(19(24)10-15)23(30)28-16-7-8-16/h4-6,9-10,12-14,16H,7-8,11H2,1-3H3,(H,25,27)(H,28,30)/b5-4+. The molecule has 2 aromatic heterocycles. The van der Waals surface area contributed by atoms with E-state index in [0.29, 0.717) is 22.5 Å². The summed E-state index contributed by atoms with van der Waals surface area (Å²) in [5.41, 5.74) is 3.87. The Balaban J connectivity index is 1.73. The highest BCUT2D eigenvalue weighted by atomic mass is 35.5. The lowest BCUT2D eigenvalue weighted by atomic mass is 10.1. The summed E-state index contributed by atoms with van der Waals surface area (Å²) >= 11 is 6.47. The van der Waals surface area contributed by atoms with Gasteiger partial charge >= 0.3 is 0 Å². The third kappa shape index (κ3) is 4.33. The molecule has 2 heterocycles. The van der Waals surface area contributed by atoms with Crippen LogP contribution in [-0.4, -0.2) is 32.9 Å². The third-order valence-electron chi connectivity index (χ3n) is 4.95. The molecule has 2 N–H and O–H groups in total. The number of nitrogens with one attached hydrogen (secondary N) is 2. The van der Waals surface area contributed by atoms with E-state index in [1.54, 1.807) is 6.07 Å². The predicted octanol–water partition coefficient (Wildman–Crippen LogP) is 5.04. The summed E-state index contributed by atoms with van der Waals surface area (Å²) in [6.45, 7) is 7.08. The van der Waals surface area contributed by atoms with Gasteiger partial charge in [-0.15, -0.1) is 0 Å². The van der Waals surface area contributed by atoms with Gasteiger partial charge < -0.3 is 10.6 Å². The van der Waals surface area contributed by atoms with Crippen molar-refractivity contribution in [2.75, 3.05) is 11.9 Å². The molecule has 156 valence electrons. The fourth-order valence-electron chi connectivity index (χ4n) is 3.24. The molecule has 4 rings (SSSR count). The van der Waals surface area contributed by atoms with Gasteiger partial charge in [-0.3, -0.25) is 9.20 Å². The van der Waals surface area contributed by atoms with E-state index in [9.17, 15) is 4.79 Å². The number of carbonyl (C=O) groups excluding carboxylic acids is 1. The minimum absolute atomic E-state index is 0.119. The molecule has 1 saturated carbocycles. The number of anilines is 1. The maximum Gasteiger partial charge on any atom is 0.253 e. The molecule has 30 heavy (non-hydrogen) atoms. The van der Waals surface area contributed by atoms with Crippen LogP contribution in [0.5, 0.6) is 0 Å². The van der Waals surface area contributed by atoms with Crippen molar-refractivity contribution in [3.05, 3.63) is 52.9 Å². The second-order valence-electron chi connectivity index (χ2n) is 8.07. The van der Waals surface area contributed by atoms with Gasteiger partial charge in [0.25, 0.3) is 5.91 Å². The lowest BCUT2D eigenvalue weighted by Gasteiger charge is -2.12. The minimum atomic E-state index is -0.119. The first-order valence-corrected chi connectivity index (χ1v) is 10.7. The van der Waals surface area contributed by atoms with Crippen molar-refractivity contribution in [1.82, 2.24) is 19.7 Å². The second-order valence-corrected chi connectivity index (χ2v) is 8.48. The number of rotatable bonds is 7. The molecule has 1 aromatic carbocycles. The summed E-state index contributed by atoms with van der Waals surface area (Å²) in [4.78, 5) is 21.7. The Morgan fingerprint density at radius 2 is 2.17 bits per heavy atom. The number of imidazole rings is 1. The molecule has 0 bridgehead atoms. The Morgan fingerprint density at radius 1 is 1.37 bits per heavy atom. The highest BCUT2D eigenvalue weighted by Gasteiger charge is 2.25. The Bertz CT molecular complexity index is 1110. The Morgan fingerprint density at radius 3 is 2.83 bits per heavy atom. The second kappa shape index (κ2) is 8.48. The van der Waals surface area contributed by atoms with Gasteiger partial charge in [0.1, 0.15) is 0 Å². The number of hydrogen-bond donors (Lipinski definition) is 2. The van der Waals surface area contributed by atoms with Crippen LogP contribution in [0.15, 0.2) is 36.7 Å². The first-order chi connectivity index (χ1) is 14.5. The maximum atomic E-state index is 12.4. The van der Waals surface area contributed by atoms with Crippen molar-refractivity contribution in [3.63, 3.8) is 0 Å². The summed E-state index contributed by atoms with van der Waals surface area (Å²) in [6.07, 6.45) is 9.77. The minimum Gasteiger partial charge on any atom is -0.367 e. The molecule has 3 aromatic rings. The molecule has 0 spiro atoms.